The van der Waals surface area contributed by atoms with Crippen LogP contribution in [0.3, 0.4) is 0 Å². The minimum atomic E-state index is -0.512. The monoisotopic (exact) mass is 369 g/mol. The lowest BCUT2D eigenvalue weighted by atomic mass is 9.96. The molecule has 4 rings (SSSR count). The summed E-state index contributed by atoms with van der Waals surface area (Å²) in [5.41, 5.74) is 0.901. The molecule has 2 aliphatic heterocycles. The van der Waals surface area contributed by atoms with E-state index in [-0.39, 0.29) is 30.8 Å². The van der Waals surface area contributed by atoms with Gasteiger partial charge in [-0.3, -0.25) is 14.9 Å². The third-order valence-electron chi connectivity index (χ3n) is 4.86. The molecule has 2 aliphatic rings. The Morgan fingerprint density at radius 3 is 2.59 bits per heavy atom. The number of likely N-dealkylation sites (tertiary alicyclic amines) is 1. The van der Waals surface area contributed by atoms with E-state index in [9.17, 15) is 14.4 Å². The van der Waals surface area contributed by atoms with Crippen LogP contribution in [0.1, 0.15) is 24.7 Å². The lowest BCUT2D eigenvalue weighted by Gasteiger charge is -2.31. The van der Waals surface area contributed by atoms with E-state index in [0.29, 0.717) is 37.6 Å². The van der Waals surface area contributed by atoms with Crippen LogP contribution in [0.15, 0.2) is 34.9 Å². The number of imide groups is 1. The van der Waals surface area contributed by atoms with Gasteiger partial charge < -0.3 is 14.3 Å². The van der Waals surface area contributed by atoms with E-state index in [0.717, 1.165) is 5.56 Å². The maximum atomic E-state index is 12.4. The second-order valence-electron chi connectivity index (χ2n) is 6.69. The van der Waals surface area contributed by atoms with Crippen LogP contribution in [0.25, 0.3) is 11.4 Å². The summed E-state index contributed by atoms with van der Waals surface area (Å²) in [7, 11) is 0. The Morgan fingerprint density at radius 2 is 1.93 bits per heavy atom. The summed E-state index contributed by atoms with van der Waals surface area (Å²) >= 11 is 0. The highest BCUT2D eigenvalue weighted by Crippen LogP contribution is 2.28. The molecular formula is C18H19N5O4. The van der Waals surface area contributed by atoms with Crippen molar-refractivity contribution in [3.05, 3.63) is 36.2 Å². The average molecular weight is 369 g/mol. The van der Waals surface area contributed by atoms with Crippen molar-refractivity contribution < 1.29 is 18.9 Å². The molecule has 1 N–H and O–H groups in total. The number of piperidine rings is 1. The zero-order valence-corrected chi connectivity index (χ0v) is 14.6. The molecule has 27 heavy (non-hydrogen) atoms. The number of carbonyl (C=O) groups is 3. The van der Waals surface area contributed by atoms with Crippen LogP contribution in [-0.4, -0.2) is 64.0 Å². The van der Waals surface area contributed by atoms with Gasteiger partial charge in [0.15, 0.2) is 0 Å². The molecular weight excluding hydrogens is 350 g/mol. The van der Waals surface area contributed by atoms with E-state index in [2.05, 4.69) is 15.5 Å². The quantitative estimate of drug-likeness (QED) is 0.805. The number of amides is 4. The third-order valence-corrected chi connectivity index (χ3v) is 4.86. The number of rotatable bonds is 4. The van der Waals surface area contributed by atoms with Gasteiger partial charge >= 0.3 is 6.03 Å². The van der Waals surface area contributed by atoms with E-state index in [1.807, 2.05) is 30.3 Å². The van der Waals surface area contributed by atoms with E-state index >= 15 is 0 Å². The number of nitrogens with zero attached hydrogens (tertiary/aromatic N) is 4. The fourth-order valence-corrected chi connectivity index (χ4v) is 3.36. The van der Waals surface area contributed by atoms with Crippen LogP contribution in [0, 0.1) is 0 Å². The first-order valence-corrected chi connectivity index (χ1v) is 8.85. The normalized spacial score (nSPS) is 18.1. The van der Waals surface area contributed by atoms with Gasteiger partial charge in [0.2, 0.25) is 23.5 Å². The highest BCUT2D eigenvalue weighted by Gasteiger charge is 2.32. The molecule has 1 aromatic heterocycles. The van der Waals surface area contributed by atoms with Crippen molar-refractivity contribution in [1.29, 1.82) is 0 Å². The van der Waals surface area contributed by atoms with Gasteiger partial charge in [-0.2, -0.15) is 4.98 Å². The number of carbonyl (C=O) groups excluding carboxylic acids is 3. The molecule has 0 bridgehead atoms. The number of benzene rings is 1. The number of urea groups is 1. The summed E-state index contributed by atoms with van der Waals surface area (Å²) in [5.74, 6) is 0.723. The largest absolute Gasteiger partial charge is 0.341 e. The Labute approximate surface area is 155 Å². The lowest BCUT2D eigenvalue weighted by Crippen LogP contribution is -2.44. The molecule has 0 unspecified atom stereocenters. The molecule has 2 saturated heterocycles. The summed E-state index contributed by atoms with van der Waals surface area (Å²) in [6.07, 6.45) is 1.43. The molecule has 9 nitrogen and oxygen atoms in total. The topological polar surface area (TPSA) is 109 Å². The third kappa shape index (κ3) is 3.67. The fraction of sp³-hybridized carbons (Fsp3) is 0.389. The highest BCUT2D eigenvalue weighted by molar-refractivity contribution is 6.03. The molecule has 0 spiro atoms. The molecule has 0 radical (unpaired) electrons. The van der Waals surface area contributed by atoms with Crippen LogP contribution in [-0.2, 0) is 9.59 Å². The van der Waals surface area contributed by atoms with Crippen LogP contribution < -0.4 is 5.32 Å². The molecule has 0 saturated carbocycles. The summed E-state index contributed by atoms with van der Waals surface area (Å²) in [6, 6.07) is 9.11. The van der Waals surface area contributed by atoms with Crippen molar-refractivity contribution in [3.8, 4) is 11.4 Å². The van der Waals surface area contributed by atoms with Crippen molar-refractivity contribution in [2.24, 2.45) is 0 Å². The number of aromatic nitrogens is 2. The Bertz CT molecular complexity index is 858. The first-order valence-electron chi connectivity index (χ1n) is 8.85. The van der Waals surface area contributed by atoms with Crippen LogP contribution in [0.4, 0.5) is 4.79 Å². The lowest BCUT2D eigenvalue weighted by molar-refractivity contribution is -0.132. The number of hydrogen-bond donors (Lipinski definition) is 1. The van der Waals surface area contributed by atoms with Crippen LogP contribution in [0.5, 0.6) is 0 Å². The van der Waals surface area contributed by atoms with Crippen molar-refractivity contribution in [1.82, 2.24) is 25.3 Å². The SMILES string of the molecule is O=C1CN(CC(=O)N2CCC(c3nc(-c4ccccc4)no3)CC2)C(=O)N1. The van der Waals surface area contributed by atoms with Gasteiger partial charge in [0.25, 0.3) is 0 Å². The van der Waals surface area contributed by atoms with E-state index in [1.165, 1.54) is 4.90 Å². The first-order chi connectivity index (χ1) is 13.1. The summed E-state index contributed by atoms with van der Waals surface area (Å²) in [6.45, 7) is 0.956. The average Bonchev–Trinajstić information content (AvgIpc) is 3.29. The van der Waals surface area contributed by atoms with E-state index in [1.54, 1.807) is 4.90 Å². The van der Waals surface area contributed by atoms with Crippen molar-refractivity contribution in [2.75, 3.05) is 26.2 Å². The molecule has 2 aromatic rings. The van der Waals surface area contributed by atoms with Crippen molar-refractivity contribution >= 4 is 17.8 Å². The van der Waals surface area contributed by atoms with Gasteiger partial charge in [0.1, 0.15) is 13.1 Å². The molecule has 9 heteroatoms. The van der Waals surface area contributed by atoms with E-state index in [4.69, 9.17) is 4.52 Å². The Hall–Kier alpha value is -3.23. The smallest absolute Gasteiger partial charge is 0.325 e. The zero-order valence-electron chi connectivity index (χ0n) is 14.6. The van der Waals surface area contributed by atoms with Gasteiger partial charge in [-0.15, -0.1) is 0 Å². The molecule has 3 heterocycles. The maximum absolute atomic E-state index is 12.4. The van der Waals surface area contributed by atoms with Crippen molar-refractivity contribution in [3.63, 3.8) is 0 Å². The minimum absolute atomic E-state index is 0.0642. The maximum Gasteiger partial charge on any atom is 0.325 e. The molecule has 0 aliphatic carbocycles. The predicted octanol–water partition coefficient (Wildman–Crippen LogP) is 0.994. The molecule has 4 amide bonds. The van der Waals surface area contributed by atoms with Crippen LogP contribution >= 0.6 is 0 Å². The highest BCUT2D eigenvalue weighted by atomic mass is 16.5. The molecule has 1 aromatic carbocycles. The second kappa shape index (κ2) is 7.18. The Morgan fingerprint density at radius 1 is 1.19 bits per heavy atom. The summed E-state index contributed by atoms with van der Waals surface area (Å²) in [5, 5.41) is 6.22. The van der Waals surface area contributed by atoms with Gasteiger partial charge in [-0.05, 0) is 12.8 Å². The van der Waals surface area contributed by atoms with Crippen LogP contribution in [0.2, 0.25) is 0 Å². The van der Waals surface area contributed by atoms with Gasteiger partial charge in [-0.25, -0.2) is 4.79 Å². The number of nitrogens with one attached hydrogen (secondary N) is 1. The van der Waals surface area contributed by atoms with Gasteiger partial charge in [0, 0.05) is 24.6 Å². The summed E-state index contributed by atoms with van der Waals surface area (Å²) in [4.78, 5) is 42.6. The minimum Gasteiger partial charge on any atom is -0.341 e. The van der Waals surface area contributed by atoms with E-state index < -0.39 is 6.03 Å². The van der Waals surface area contributed by atoms with Gasteiger partial charge in [-0.1, -0.05) is 35.5 Å². The van der Waals surface area contributed by atoms with Gasteiger partial charge in [0.05, 0.1) is 0 Å². The number of hydrogen-bond acceptors (Lipinski definition) is 6. The second-order valence-corrected chi connectivity index (χ2v) is 6.69. The molecule has 2 fully saturated rings. The standard InChI is InChI=1S/C18H19N5O4/c24-14-10-23(18(26)19-14)11-15(25)22-8-6-13(7-9-22)17-20-16(21-27-17)12-4-2-1-3-5-12/h1-5,13H,6-11H2,(H,19,24,26). The molecule has 0 atom stereocenters. The Balaban J connectivity index is 1.33. The molecule has 140 valence electrons. The predicted molar refractivity (Wildman–Crippen MR) is 93.4 cm³/mol. The fourth-order valence-electron chi connectivity index (χ4n) is 3.36. The Kier molecular flexibility index (Phi) is 4.57. The summed E-state index contributed by atoms with van der Waals surface area (Å²) < 4.78 is 5.42. The zero-order chi connectivity index (χ0) is 18.8. The van der Waals surface area contributed by atoms with Crippen molar-refractivity contribution in [2.45, 2.75) is 18.8 Å². The first kappa shape index (κ1) is 17.2.